The highest BCUT2D eigenvalue weighted by Crippen LogP contribution is 2.35. The highest BCUT2D eigenvalue weighted by atomic mass is 16.5. The van der Waals surface area contributed by atoms with E-state index in [-0.39, 0.29) is 10.5 Å². The molecule has 2 atom stereocenters. The Bertz CT molecular complexity index is 1340. The SMILES string of the molecule is COc1cc(Nc2nc(-c3ccccc3)nc([N+]3(C(N)=O)CCC[C@H]3C)n2)ccc1-c1cnco1. The number of nitrogens with zero attached hydrogens (tertiary/aromatic N) is 5. The van der Waals surface area contributed by atoms with Crippen molar-refractivity contribution < 1.29 is 13.9 Å². The van der Waals surface area contributed by atoms with Gasteiger partial charge in [-0.1, -0.05) is 30.3 Å². The molecular formula is C25H26N7O3+. The second-order valence-electron chi connectivity index (χ2n) is 8.48. The average molecular weight is 473 g/mol. The summed E-state index contributed by atoms with van der Waals surface area (Å²) in [7, 11) is 1.59. The number of methoxy groups -OCH3 is 1. The van der Waals surface area contributed by atoms with Crippen LogP contribution >= 0.6 is 0 Å². The lowest BCUT2D eigenvalue weighted by atomic mass is 10.1. The summed E-state index contributed by atoms with van der Waals surface area (Å²) in [6, 6.07) is 14.6. The van der Waals surface area contributed by atoms with Crippen LogP contribution in [-0.2, 0) is 0 Å². The zero-order chi connectivity index (χ0) is 24.4. The van der Waals surface area contributed by atoms with E-state index in [9.17, 15) is 4.79 Å². The molecule has 1 aliphatic rings. The summed E-state index contributed by atoms with van der Waals surface area (Å²) in [5, 5.41) is 3.25. The fourth-order valence-electron chi connectivity index (χ4n) is 4.57. The molecule has 0 radical (unpaired) electrons. The molecule has 4 aromatic rings. The Balaban J connectivity index is 1.59. The Morgan fingerprint density at radius 1 is 1.17 bits per heavy atom. The van der Waals surface area contributed by atoms with E-state index in [0.29, 0.717) is 41.5 Å². The van der Waals surface area contributed by atoms with Gasteiger partial charge in [0.25, 0.3) is 0 Å². The molecule has 0 spiro atoms. The molecule has 1 unspecified atom stereocenters. The van der Waals surface area contributed by atoms with Crippen molar-refractivity contribution in [2.24, 2.45) is 5.73 Å². The summed E-state index contributed by atoms with van der Waals surface area (Å²) in [4.78, 5) is 30.7. The molecule has 2 amide bonds. The maximum absolute atomic E-state index is 12.7. The zero-order valence-electron chi connectivity index (χ0n) is 19.5. The number of carbonyl (C=O) groups is 1. The van der Waals surface area contributed by atoms with Gasteiger partial charge in [0, 0.05) is 30.2 Å². The van der Waals surface area contributed by atoms with Gasteiger partial charge in [-0.15, -0.1) is 4.98 Å². The lowest BCUT2D eigenvalue weighted by molar-refractivity contribution is 0.202. The summed E-state index contributed by atoms with van der Waals surface area (Å²) in [5.74, 6) is 2.29. The van der Waals surface area contributed by atoms with Gasteiger partial charge in [0.1, 0.15) is 11.8 Å². The maximum atomic E-state index is 12.7. The first-order chi connectivity index (χ1) is 17.0. The van der Waals surface area contributed by atoms with Crippen LogP contribution in [0.15, 0.2) is 65.5 Å². The number of aromatic nitrogens is 4. The molecule has 35 heavy (non-hydrogen) atoms. The highest BCUT2D eigenvalue weighted by molar-refractivity contribution is 5.85. The molecule has 3 N–H and O–H groups in total. The van der Waals surface area contributed by atoms with E-state index in [0.717, 1.165) is 24.0 Å². The van der Waals surface area contributed by atoms with Crippen LogP contribution in [0, 0.1) is 0 Å². The van der Waals surface area contributed by atoms with Crippen molar-refractivity contribution in [2.45, 2.75) is 25.8 Å². The number of nitrogens with one attached hydrogen (secondary N) is 1. The number of hydrogen-bond acceptors (Lipinski definition) is 8. The van der Waals surface area contributed by atoms with Crippen LogP contribution in [0.1, 0.15) is 19.8 Å². The smallest absolute Gasteiger partial charge is 0.421 e. The minimum absolute atomic E-state index is 0.0346. The molecule has 0 bridgehead atoms. The van der Waals surface area contributed by atoms with Gasteiger partial charge in [0.05, 0.1) is 25.4 Å². The molecule has 10 nitrogen and oxygen atoms in total. The fourth-order valence-corrected chi connectivity index (χ4v) is 4.57. The number of carbonyl (C=O) groups excluding carboxylic acids is 1. The fraction of sp³-hybridized carbons (Fsp3) is 0.240. The van der Waals surface area contributed by atoms with Crippen molar-refractivity contribution in [1.29, 1.82) is 0 Å². The molecule has 1 saturated heterocycles. The van der Waals surface area contributed by atoms with Crippen LogP contribution in [0.25, 0.3) is 22.7 Å². The number of primary amides is 1. The Kier molecular flexibility index (Phi) is 5.87. The van der Waals surface area contributed by atoms with Crippen LogP contribution in [-0.4, -0.2) is 45.7 Å². The molecule has 10 heteroatoms. The number of anilines is 2. The van der Waals surface area contributed by atoms with E-state index < -0.39 is 6.03 Å². The molecule has 178 valence electrons. The molecule has 2 aromatic carbocycles. The predicted molar refractivity (Wildman–Crippen MR) is 132 cm³/mol. The van der Waals surface area contributed by atoms with Gasteiger partial charge in [-0.05, 0) is 19.1 Å². The number of benzene rings is 2. The van der Waals surface area contributed by atoms with Crippen molar-refractivity contribution in [2.75, 3.05) is 19.0 Å². The third-order valence-corrected chi connectivity index (χ3v) is 6.45. The Morgan fingerprint density at radius 2 is 2.00 bits per heavy atom. The Morgan fingerprint density at radius 3 is 2.66 bits per heavy atom. The lowest BCUT2D eigenvalue weighted by Gasteiger charge is -2.30. The second-order valence-corrected chi connectivity index (χ2v) is 8.48. The number of urea groups is 1. The second kappa shape index (κ2) is 9.15. The highest BCUT2D eigenvalue weighted by Gasteiger charge is 2.50. The van der Waals surface area contributed by atoms with Gasteiger partial charge in [0.15, 0.2) is 18.0 Å². The van der Waals surface area contributed by atoms with Crippen molar-refractivity contribution in [3.05, 3.63) is 61.1 Å². The van der Waals surface area contributed by atoms with E-state index in [1.807, 2.05) is 55.5 Å². The molecule has 3 heterocycles. The zero-order valence-corrected chi connectivity index (χ0v) is 19.5. The van der Waals surface area contributed by atoms with Crippen molar-refractivity contribution in [1.82, 2.24) is 24.4 Å². The monoisotopic (exact) mass is 472 g/mol. The van der Waals surface area contributed by atoms with Gasteiger partial charge >= 0.3 is 12.0 Å². The molecule has 0 aliphatic carbocycles. The third kappa shape index (κ3) is 4.08. The van der Waals surface area contributed by atoms with Gasteiger partial charge in [-0.25, -0.2) is 9.78 Å². The third-order valence-electron chi connectivity index (χ3n) is 6.45. The predicted octanol–water partition coefficient (Wildman–Crippen LogP) is 4.51. The summed E-state index contributed by atoms with van der Waals surface area (Å²) < 4.78 is 10.9. The molecule has 2 aromatic heterocycles. The Hall–Kier alpha value is -4.31. The van der Waals surface area contributed by atoms with Crippen molar-refractivity contribution in [3.8, 4) is 28.5 Å². The topological polar surface area (TPSA) is 129 Å². The molecular weight excluding hydrogens is 446 g/mol. The van der Waals surface area contributed by atoms with Gasteiger partial charge < -0.3 is 20.2 Å². The number of hydrogen-bond donors (Lipinski definition) is 2. The first-order valence-corrected chi connectivity index (χ1v) is 11.3. The lowest BCUT2D eigenvalue weighted by Crippen LogP contribution is -2.60. The van der Waals surface area contributed by atoms with Gasteiger partial charge in [0.2, 0.25) is 5.95 Å². The van der Waals surface area contributed by atoms with Crippen molar-refractivity contribution >= 4 is 23.6 Å². The first-order valence-electron chi connectivity index (χ1n) is 11.3. The number of quaternary nitrogens is 1. The number of ether oxygens (including phenoxy) is 1. The standard InChI is InChI=1S/C25H25N7O3/c1-16-7-6-12-32(16,23(26)33)25-30-22(17-8-4-3-5-9-17)29-24(31-25)28-18-10-11-19(20(13-18)34-2)21-14-27-15-35-21/h3-5,8-11,13-16H,6-7,12H2,1-2H3,(H2-,26,28,29,30,31,33)/p+1/t16-,32?/m1/s1. The summed E-state index contributed by atoms with van der Waals surface area (Å²) in [6.45, 7) is 2.55. The van der Waals surface area contributed by atoms with Crippen LogP contribution < -0.4 is 20.3 Å². The van der Waals surface area contributed by atoms with Crippen LogP contribution in [0.5, 0.6) is 5.75 Å². The number of oxazole rings is 1. The Labute approximate surface area is 202 Å². The van der Waals surface area contributed by atoms with Crippen LogP contribution in [0.3, 0.4) is 0 Å². The summed E-state index contributed by atoms with van der Waals surface area (Å²) in [5.41, 5.74) is 8.20. The van der Waals surface area contributed by atoms with E-state index in [1.165, 1.54) is 6.39 Å². The van der Waals surface area contributed by atoms with E-state index in [2.05, 4.69) is 20.3 Å². The first kappa shape index (κ1) is 22.5. The minimum atomic E-state index is -0.468. The van der Waals surface area contributed by atoms with E-state index in [1.54, 1.807) is 13.3 Å². The minimum Gasteiger partial charge on any atom is -0.496 e. The number of likely N-dealkylation sites (tertiary alicyclic amines) is 1. The maximum Gasteiger partial charge on any atom is 0.421 e. The summed E-state index contributed by atoms with van der Waals surface area (Å²) >= 11 is 0. The number of amides is 2. The molecule has 1 aliphatic heterocycles. The van der Waals surface area contributed by atoms with Crippen LogP contribution in [0.4, 0.5) is 22.4 Å². The van der Waals surface area contributed by atoms with Crippen LogP contribution in [0.2, 0.25) is 0 Å². The van der Waals surface area contributed by atoms with Gasteiger partial charge in [-0.3, -0.25) is 0 Å². The van der Waals surface area contributed by atoms with Gasteiger partial charge in [-0.2, -0.15) is 14.5 Å². The number of nitrogens with two attached hydrogens (primary N) is 1. The normalized spacial score (nSPS) is 19.4. The quantitative estimate of drug-likeness (QED) is 0.392. The summed E-state index contributed by atoms with van der Waals surface area (Å²) in [6.07, 6.45) is 4.71. The van der Waals surface area contributed by atoms with E-state index >= 15 is 0 Å². The largest absolute Gasteiger partial charge is 0.496 e. The number of rotatable bonds is 6. The van der Waals surface area contributed by atoms with Crippen molar-refractivity contribution in [3.63, 3.8) is 0 Å². The average Bonchev–Trinajstić information content (AvgIpc) is 3.55. The van der Waals surface area contributed by atoms with E-state index in [4.69, 9.17) is 19.9 Å². The molecule has 0 saturated carbocycles. The molecule has 5 rings (SSSR count). The molecule has 1 fully saturated rings.